The van der Waals surface area contributed by atoms with E-state index in [2.05, 4.69) is 16.7 Å². The molecule has 0 fully saturated rings. The average Bonchev–Trinajstić information content (AvgIpc) is 2.25. The monoisotopic (exact) mass is 247 g/mol. The second kappa shape index (κ2) is 6.55. The van der Waals surface area contributed by atoms with Crippen LogP contribution in [0.1, 0.15) is 25.0 Å². The van der Waals surface area contributed by atoms with Gasteiger partial charge in [-0.2, -0.15) is 0 Å². The van der Waals surface area contributed by atoms with Gasteiger partial charge in [-0.1, -0.05) is 30.0 Å². The van der Waals surface area contributed by atoms with E-state index in [9.17, 15) is 5.11 Å². The van der Waals surface area contributed by atoms with Crippen LogP contribution >= 0.6 is 0 Å². The number of benzene rings is 1. The molecule has 1 aromatic rings. The van der Waals surface area contributed by atoms with Crippen molar-refractivity contribution in [2.45, 2.75) is 26.0 Å². The van der Waals surface area contributed by atoms with Gasteiger partial charge in [0.2, 0.25) is 0 Å². The van der Waals surface area contributed by atoms with Gasteiger partial charge in [-0.05, 0) is 32.5 Å². The van der Waals surface area contributed by atoms with Gasteiger partial charge in [-0.25, -0.2) is 0 Å². The first-order chi connectivity index (χ1) is 8.42. The molecule has 0 saturated carbocycles. The predicted octanol–water partition coefficient (Wildman–Crippen LogP) is 1.23. The van der Waals surface area contributed by atoms with Crippen LogP contribution in [0.5, 0.6) is 0 Å². The van der Waals surface area contributed by atoms with E-state index in [1.54, 1.807) is 13.8 Å². The number of likely N-dealkylation sites (N-methyl/N-ethyl adjacent to an activating group) is 1. The molecule has 0 radical (unpaired) electrons. The molecule has 0 atom stereocenters. The zero-order valence-electron chi connectivity index (χ0n) is 11.3. The lowest BCUT2D eigenvalue weighted by Gasteiger charge is -2.25. The minimum Gasteiger partial charge on any atom is -0.389 e. The van der Waals surface area contributed by atoms with Crippen LogP contribution in [-0.4, -0.2) is 40.9 Å². The molecule has 0 aliphatic rings. The van der Waals surface area contributed by atoms with E-state index in [1.807, 2.05) is 31.3 Å². The summed E-state index contributed by atoms with van der Waals surface area (Å²) in [5, 5.41) is 18.5. The molecule has 0 bridgehead atoms. The molecule has 3 heteroatoms. The van der Waals surface area contributed by atoms with Crippen LogP contribution in [-0.2, 0) is 6.54 Å². The van der Waals surface area contributed by atoms with Crippen molar-refractivity contribution in [3.05, 3.63) is 35.4 Å². The highest BCUT2D eigenvalue weighted by atomic mass is 16.3. The van der Waals surface area contributed by atoms with Gasteiger partial charge in [-0.15, -0.1) is 0 Å². The highest BCUT2D eigenvalue weighted by Gasteiger charge is 2.16. The van der Waals surface area contributed by atoms with Crippen LogP contribution in [0.3, 0.4) is 0 Å². The number of nitrogens with zero attached hydrogens (tertiary/aromatic N) is 1. The lowest BCUT2D eigenvalue weighted by molar-refractivity contribution is 0.0424. The van der Waals surface area contributed by atoms with Crippen molar-refractivity contribution in [2.75, 3.05) is 20.2 Å². The van der Waals surface area contributed by atoms with Crippen LogP contribution in [0.2, 0.25) is 0 Å². The standard InChI is InChI=1S/C15H21NO2/c1-15(2,18)12-16(3)11-14-8-5-4-7-13(14)9-6-10-17/h4-5,7-8,17-18H,10-12H2,1-3H3. The average molecular weight is 247 g/mol. The summed E-state index contributed by atoms with van der Waals surface area (Å²) in [6.45, 7) is 4.77. The van der Waals surface area contributed by atoms with E-state index < -0.39 is 5.60 Å². The molecule has 0 amide bonds. The lowest BCUT2D eigenvalue weighted by atomic mass is 10.1. The highest BCUT2D eigenvalue weighted by molar-refractivity contribution is 5.41. The minimum atomic E-state index is -0.708. The topological polar surface area (TPSA) is 43.7 Å². The van der Waals surface area contributed by atoms with E-state index in [-0.39, 0.29) is 6.61 Å². The van der Waals surface area contributed by atoms with Gasteiger partial charge in [-0.3, -0.25) is 4.90 Å². The maximum absolute atomic E-state index is 9.77. The summed E-state index contributed by atoms with van der Waals surface area (Å²) in [5.41, 5.74) is 1.32. The Hall–Kier alpha value is -1.34. The molecule has 3 nitrogen and oxygen atoms in total. The van der Waals surface area contributed by atoms with E-state index in [1.165, 1.54) is 0 Å². The number of hydrogen-bond acceptors (Lipinski definition) is 3. The maximum Gasteiger partial charge on any atom is 0.104 e. The molecular weight excluding hydrogens is 226 g/mol. The summed E-state index contributed by atoms with van der Waals surface area (Å²) in [6.07, 6.45) is 0. The molecule has 1 rings (SSSR count). The van der Waals surface area contributed by atoms with Gasteiger partial charge < -0.3 is 10.2 Å². The molecule has 0 saturated heterocycles. The molecule has 0 heterocycles. The third-order valence-corrected chi connectivity index (χ3v) is 2.42. The van der Waals surface area contributed by atoms with E-state index in [0.717, 1.165) is 17.7 Å². The Bertz CT molecular complexity index is 438. The molecule has 0 spiro atoms. The highest BCUT2D eigenvalue weighted by Crippen LogP contribution is 2.12. The summed E-state index contributed by atoms with van der Waals surface area (Å²) in [5.74, 6) is 5.61. The summed E-state index contributed by atoms with van der Waals surface area (Å²) in [7, 11) is 1.97. The third kappa shape index (κ3) is 5.33. The Morgan fingerprint density at radius 3 is 2.56 bits per heavy atom. The Balaban J connectivity index is 2.78. The van der Waals surface area contributed by atoms with Crippen molar-refractivity contribution in [3.8, 4) is 11.8 Å². The number of aliphatic hydroxyl groups is 2. The summed E-state index contributed by atoms with van der Waals surface area (Å²) in [6, 6.07) is 7.86. The Morgan fingerprint density at radius 2 is 1.94 bits per heavy atom. The Morgan fingerprint density at radius 1 is 1.28 bits per heavy atom. The van der Waals surface area contributed by atoms with Gasteiger partial charge >= 0.3 is 0 Å². The van der Waals surface area contributed by atoms with E-state index in [0.29, 0.717) is 6.54 Å². The Labute approximate surface area is 109 Å². The Kier molecular flexibility index (Phi) is 5.36. The summed E-state index contributed by atoms with van der Waals surface area (Å²) < 4.78 is 0. The molecule has 0 aliphatic heterocycles. The molecule has 2 N–H and O–H groups in total. The first-order valence-corrected chi connectivity index (χ1v) is 6.01. The predicted molar refractivity (Wildman–Crippen MR) is 73.0 cm³/mol. The van der Waals surface area contributed by atoms with Gasteiger partial charge in [0.1, 0.15) is 6.61 Å². The zero-order valence-corrected chi connectivity index (χ0v) is 11.3. The van der Waals surface area contributed by atoms with E-state index >= 15 is 0 Å². The van der Waals surface area contributed by atoms with Crippen molar-refractivity contribution in [1.82, 2.24) is 4.90 Å². The largest absolute Gasteiger partial charge is 0.389 e. The number of hydrogen-bond donors (Lipinski definition) is 2. The van der Waals surface area contributed by atoms with Crippen molar-refractivity contribution in [1.29, 1.82) is 0 Å². The third-order valence-electron chi connectivity index (χ3n) is 2.42. The first-order valence-electron chi connectivity index (χ1n) is 6.01. The second-order valence-electron chi connectivity index (χ2n) is 5.10. The van der Waals surface area contributed by atoms with Gasteiger partial charge in [0.05, 0.1) is 5.60 Å². The first kappa shape index (κ1) is 14.7. The quantitative estimate of drug-likeness (QED) is 0.787. The van der Waals surface area contributed by atoms with Crippen LogP contribution in [0.4, 0.5) is 0 Å². The van der Waals surface area contributed by atoms with Gasteiger partial charge in [0, 0.05) is 18.7 Å². The normalized spacial score (nSPS) is 11.2. The van der Waals surface area contributed by atoms with Crippen molar-refractivity contribution in [2.24, 2.45) is 0 Å². The second-order valence-corrected chi connectivity index (χ2v) is 5.10. The number of aliphatic hydroxyl groups excluding tert-OH is 1. The van der Waals surface area contributed by atoms with Gasteiger partial charge in [0.15, 0.2) is 0 Å². The van der Waals surface area contributed by atoms with Crippen LogP contribution in [0.15, 0.2) is 24.3 Å². The SMILES string of the molecule is CN(Cc1ccccc1C#CCO)CC(C)(C)O. The molecule has 18 heavy (non-hydrogen) atoms. The van der Waals surface area contributed by atoms with Crippen molar-refractivity contribution >= 4 is 0 Å². The molecule has 0 aliphatic carbocycles. The van der Waals surface area contributed by atoms with Crippen LogP contribution in [0.25, 0.3) is 0 Å². The smallest absolute Gasteiger partial charge is 0.104 e. The molecule has 98 valence electrons. The molecule has 0 aromatic heterocycles. The van der Waals surface area contributed by atoms with Crippen LogP contribution < -0.4 is 0 Å². The fourth-order valence-corrected chi connectivity index (χ4v) is 1.92. The summed E-state index contributed by atoms with van der Waals surface area (Å²) in [4.78, 5) is 2.06. The van der Waals surface area contributed by atoms with Crippen molar-refractivity contribution in [3.63, 3.8) is 0 Å². The van der Waals surface area contributed by atoms with Crippen molar-refractivity contribution < 1.29 is 10.2 Å². The zero-order chi connectivity index (χ0) is 13.6. The fourth-order valence-electron chi connectivity index (χ4n) is 1.92. The van der Waals surface area contributed by atoms with Crippen LogP contribution in [0, 0.1) is 11.8 Å². The maximum atomic E-state index is 9.77. The van der Waals surface area contributed by atoms with E-state index in [4.69, 9.17) is 5.11 Å². The number of rotatable bonds is 4. The molecular formula is C15H21NO2. The molecule has 1 aromatic carbocycles. The molecule has 0 unspecified atom stereocenters. The minimum absolute atomic E-state index is 0.131. The summed E-state index contributed by atoms with van der Waals surface area (Å²) >= 11 is 0. The van der Waals surface area contributed by atoms with Gasteiger partial charge in [0.25, 0.3) is 0 Å². The lowest BCUT2D eigenvalue weighted by Crippen LogP contribution is -2.35. The fraction of sp³-hybridized carbons (Fsp3) is 0.467.